The maximum absolute atomic E-state index is 12.1. The summed E-state index contributed by atoms with van der Waals surface area (Å²) in [6.45, 7) is 7.92. The van der Waals surface area contributed by atoms with Crippen molar-refractivity contribution in [3.05, 3.63) is 0 Å². The Morgan fingerprint density at radius 3 is 2.23 bits per heavy atom. The first-order valence-electron chi connectivity index (χ1n) is 8.34. The van der Waals surface area contributed by atoms with E-state index in [1.54, 1.807) is 4.90 Å². The molecule has 0 bridgehead atoms. The second-order valence-corrected chi connectivity index (χ2v) is 7.11. The topological polar surface area (TPSA) is 55.8 Å². The van der Waals surface area contributed by atoms with Crippen molar-refractivity contribution >= 4 is 12.1 Å². The molecular formula is C17H31NO4. The van der Waals surface area contributed by atoms with Gasteiger partial charge in [0.25, 0.3) is 0 Å². The molecule has 0 unspecified atom stereocenters. The minimum Gasteiger partial charge on any atom is -0.466 e. The summed E-state index contributed by atoms with van der Waals surface area (Å²) in [5.74, 6) is 0.461. The Labute approximate surface area is 134 Å². The third-order valence-electron chi connectivity index (χ3n) is 4.11. The van der Waals surface area contributed by atoms with Gasteiger partial charge in [-0.05, 0) is 65.7 Å². The number of hydrogen-bond donors (Lipinski definition) is 0. The number of carbonyl (C=O) groups excluding carboxylic acids is 2. The van der Waals surface area contributed by atoms with Crippen molar-refractivity contribution < 1.29 is 19.1 Å². The molecule has 1 fully saturated rings. The highest BCUT2D eigenvalue weighted by molar-refractivity contribution is 5.69. The van der Waals surface area contributed by atoms with Crippen molar-refractivity contribution in [1.82, 2.24) is 4.90 Å². The van der Waals surface area contributed by atoms with E-state index in [0.29, 0.717) is 18.9 Å². The Hall–Kier alpha value is -1.26. The van der Waals surface area contributed by atoms with E-state index in [1.165, 1.54) is 0 Å². The maximum atomic E-state index is 12.1. The van der Waals surface area contributed by atoms with Crippen LogP contribution in [0.15, 0.2) is 0 Å². The Morgan fingerprint density at radius 1 is 1.14 bits per heavy atom. The van der Waals surface area contributed by atoms with Crippen LogP contribution in [0.4, 0.5) is 4.79 Å². The first-order chi connectivity index (χ1) is 10.2. The van der Waals surface area contributed by atoms with Gasteiger partial charge in [0.1, 0.15) is 5.60 Å². The van der Waals surface area contributed by atoms with Crippen LogP contribution in [0.2, 0.25) is 0 Å². The molecule has 1 saturated carbocycles. The average Bonchev–Trinajstić information content (AvgIpc) is 2.43. The van der Waals surface area contributed by atoms with Crippen molar-refractivity contribution in [2.75, 3.05) is 13.7 Å². The fourth-order valence-electron chi connectivity index (χ4n) is 2.86. The lowest BCUT2D eigenvalue weighted by molar-refractivity contribution is -0.143. The molecule has 5 heteroatoms. The molecule has 0 atom stereocenters. The zero-order chi connectivity index (χ0) is 16.8. The van der Waals surface area contributed by atoms with Crippen LogP contribution in [0.5, 0.6) is 0 Å². The molecule has 0 radical (unpaired) electrons. The van der Waals surface area contributed by atoms with Crippen LogP contribution in [-0.4, -0.2) is 42.3 Å². The summed E-state index contributed by atoms with van der Waals surface area (Å²) in [4.78, 5) is 25.2. The van der Waals surface area contributed by atoms with E-state index in [4.69, 9.17) is 9.47 Å². The molecule has 128 valence electrons. The van der Waals surface area contributed by atoms with Gasteiger partial charge in [-0.1, -0.05) is 0 Å². The number of ether oxygens (including phenoxy) is 2. The first kappa shape index (κ1) is 18.8. The lowest BCUT2D eigenvalue weighted by Gasteiger charge is -2.35. The quantitative estimate of drug-likeness (QED) is 0.725. The van der Waals surface area contributed by atoms with E-state index < -0.39 is 5.60 Å². The molecular weight excluding hydrogens is 282 g/mol. The molecule has 1 amide bonds. The molecule has 0 heterocycles. The normalized spacial score (nSPS) is 22.0. The Bertz CT molecular complexity index is 367. The van der Waals surface area contributed by atoms with Crippen molar-refractivity contribution in [2.45, 2.75) is 77.9 Å². The van der Waals surface area contributed by atoms with Gasteiger partial charge in [0.05, 0.1) is 6.61 Å². The average molecular weight is 313 g/mol. The third kappa shape index (κ3) is 6.67. The minimum absolute atomic E-state index is 0.101. The molecule has 1 rings (SSSR count). The van der Waals surface area contributed by atoms with Gasteiger partial charge in [0.15, 0.2) is 0 Å². The molecule has 1 aliphatic rings. The van der Waals surface area contributed by atoms with Crippen molar-refractivity contribution in [3.63, 3.8) is 0 Å². The highest BCUT2D eigenvalue weighted by Crippen LogP contribution is 2.30. The van der Waals surface area contributed by atoms with Gasteiger partial charge >= 0.3 is 12.1 Å². The fourth-order valence-corrected chi connectivity index (χ4v) is 2.86. The molecule has 0 saturated heterocycles. The summed E-state index contributed by atoms with van der Waals surface area (Å²) < 4.78 is 10.4. The van der Waals surface area contributed by atoms with Gasteiger partial charge < -0.3 is 14.4 Å². The molecule has 0 spiro atoms. The summed E-state index contributed by atoms with van der Waals surface area (Å²) >= 11 is 0. The molecule has 0 N–H and O–H groups in total. The van der Waals surface area contributed by atoms with E-state index in [0.717, 1.165) is 32.1 Å². The zero-order valence-electron chi connectivity index (χ0n) is 14.7. The molecule has 0 aromatic carbocycles. The third-order valence-corrected chi connectivity index (χ3v) is 4.11. The van der Waals surface area contributed by atoms with Crippen molar-refractivity contribution in [1.29, 1.82) is 0 Å². The summed E-state index contributed by atoms with van der Waals surface area (Å²) in [5, 5.41) is 0. The van der Waals surface area contributed by atoms with Gasteiger partial charge in [-0.3, -0.25) is 4.79 Å². The van der Waals surface area contributed by atoms with E-state index in [2.05, 4.69) is 0 Å². The zero-order valence-corrected chi connectivity index (χ0v) is 14.7. The van der Waals surface area contributed by atoms with Crippen LogP contribution in [0.1, 0.15) is 66.2 Å². The van der Waals surface area contributed by atoms with Gasteiger partial charge in [-0.15, -0.1) is 0 Å². The lowest BCUT2D eigenvalue weighted by Crippen LogP contribution is -2.42. The van der Waals surface area contributed by atoms with Crippen LogP contribution < -0.4 is 0 Å². The Kier molecular flexibility index (Phi) is 7.17. The van der Waals surface area contributed by atoms with E-state index in [9.17, 15) is 9.59 Å². The Balaban J connectivity index is 2.32. The molecule has 0 aliphatic heterocycles. The smallest absolute Gasteiger partial charge is 0.410 e. The number of amides is 1. The van der Waals surface area contributed by atoms with Crippen molar-refractivity contribution in [2.24, 2.45) is 5.92 Å². The monoisotopic (exact) mass is 313 g/mol. The predicted molar refractivity (Wildman–Crippen MR) is 85.6 cm³/mol. The van der Waals surface area contributed by atoms with Crippen LogP contribution in [0.25, 0.3) is 0 Å². The van der Waals surface area contributed by atoms with Crippen molar-refractivity contribution in [3.8, 4) is 0 Å². The van der Waals surface area contributed by atoms with Gasteiger partial charge in [0, 0.05) is 19.5 Å². The van der Waals surface area contributed by atoms with Crippen LogP contribution >= 0.6 is 0 Å². The summed E-state index contributed by atoms with van der Waals surface area (Å²) in [6, 6.07) is 0.244. The summed E-state index contributed by atoms with van der Waals surface area (Å²) in [5.41, 5.74) is -0.456. The summed E-state index contributed by atoms with van der Waals surface area (Å²) in [6.07, 6.45) is 5.20. The predicted octanol–water partition coefficient (Wildman–Crippen LogP) is 3.76. The second kappa shape index (κ2) is 8.39. The molecule has 22 heavy (non-hydrogen) atoms. The SMILES string of the molecule is CCOC(=O)CCC1CCC(N(C)C(=O)OC(C)(C)C)CC1. The molecule has 1 aliphatic carbocycles. The largest absolute Gasteiger partial charge is 0.466 e. The van der Waals surface area contributed by atoms with E-state index >= 15 is 0 Å². The number of carbonyl (C=O) groups is 2. The van der Waals surface area contributed by atoms with Crippen LogP contribution in [0.3, 0.4) is 0 Å². The number of rotatable bonds is 5. The molecule has 5 nitrogen and oxygen atoms in total. The number of hydrogen-bond acceptors (Lipinski definition) is 4. The minimum atomic E-state index is -0.456. The van der Waals surface area contributed by atoms with Crippen LogP contribution in [-0.2, 0) is 14.3 Å². The van der Waals surface area contributed by atoms with Gasteiger partial charge in [-0.25, -0.2) is 4.79 Å². The highest BCUT2D eigenvalue weighted by Gasteiger charge is 2.29. The van der Waals surface area contributed by atoms with E-state index in [1.807, 2.05) is 34.7 Å². The highest BCUT2D eigenvalue weighted by atomic mass is 16.6. The van der Waals surface area contributed by atoms with Gasteiger partial charge in [0.2, 0.25) is 0 Å². The van der Waals surface area contributed by atoms with Crippen LogP contribution in [0, 0.1) is 5.92 Å². The standard InChI is InChI=1S/C17H31NO4/c1-6-21-15(19)12-9-13-7-10-14(11-8-13)18(5)16(20)22-17(2,3)4/h13-14H,6-12H2,1-5H3. The summed E-state index contributed by atoms with van der Waals surface area (Å²) in [7, 11) is 1.82. The lowest BCUT2D eigenvalue weighted by atomic mass is 9.83. The maximum Gasteiger partial charge on any atom is 0.410 e. The number of nitrogens with zero attached hydrogens (tertiary/aromatic N) is 1. The fraction of sp³-hybridized carbons (Fsp3) is 0.882. The first-order valence-corrected chi connectivity index (χ1v) is 8.34. The molecule has 0 aromatic rings. The number of esters is 1. The molecule has 0 aromatic heterocycles. The van der Waals surface area contributed by atoms with E-state index in [-0.39, 0.29) is 18.1 Å². The Morgan fingerprint density at radius 2 is 1.73 bits per heavy atom. The van der Waals surface area contributed by atoms with Gasteiger partial charge in [-0.2, -0.15) is 0 Å². The second-order valence-electron chi connectivity index (χ2n) is 7.11.